The van der Waals surface area contributed by atoms with Crippen molar-refractivity contribution in [3.8, 4) is 0 Å². The van der Waals surface area contributed by atoms with Crippen molar-refractivity contribution in [2.45, 2.75) is 53.0 Å². The van der Waals surface area contributed by atoms with Gasteiger partial charge in [-0.05, 0) is 61.4 Å². The Labute approximate surface area is 134 Å². The Morgan fingerprint density at radius 1 is 1.23 bits per heavy atom. The van der Waals surface area contributed by atoms with Crippen molar-refractivity contribution in [1.29, 1.82) is 0 Å². The molecule has 1 N–H and O–H groups in total. The van der Waals surface area contributed by atoms with Crippen molar-refractivity contribution in [3.05, 3.63) is 35.4 Å². The van der Waals surface area contributed by atoms with Gasteiger partial charge < -0.3 is 5.11 Å². The molecule has 1 saturated heterocycles. The van der Waals surface area contributed by atoms with E-state index in [4.69, 9.17) is 5.11 Å². The van der Waals surface area contributed by atoms with Crippen molar-refractivity contribution in [1.82, 2.24) is 4.90 Å². The minimum Gasteiger partial charge on any atom is -0.478 e. The Bertz CT molecular complexity index is 485. The Kier molecular flexibility index (Phi) is 5.63. The van der Waals surface area contributed by atoms with E-state index >= 15 is 0 Å². The van der Waals surface area contributed by atoms with Gasteiger partial charge in [0.2, 0.25) is 0 Å². The van der Waals surface area contributed by atoms with Gasteiger partial charge in [0.15, 0.2) is 0 Å². The van der Waals surface area contributed by atoms with Gasteiger partial charge in [0.1, 0.15) is 0 Å². The van der Waals surface area contributed by atoms with E-state index in [9.17, 15) is 4.79 Å². The zero-order valence-electron chi connectivity index (χ0n) is 14.1. The summed E-state index contributed by atoms with van der Waals surface area (Å²) in [6, 6.07) is 7.29. The molecular formula is C19H29NO2. The van der Waals surface area contributed by atoms with Crippen LogP contribution in [0.15, 0.2) is 24.3 Å². The van der Waals surface area contributed by atoms with E-state index in [0.29, 0.717) is 11.0 Å². The molecule has 1 aromatic rings. The third kappa shape index (κ3) is 4.84. The second kappa shape index (κ2) is 7.28. The van der Waals surface area contributed by atoms with Crippen LogP contribution < -0.4 is 0 Å². The number of hydrogen-bond acceptors (Lipinski definition) is 2. The maximum atomic E-state index is 10.9. The molecule has 0 atom stereocenters. The molecule has 1 aliphatic rings. The lowest BCUT2D eigenvalue weighted by Crippen LogP contribution is -2.34. The fourth-order valence-electron chi connectivity index (χ4n) is 3.29. The van der Waals surface area contributed by atoms with E-state index < -0.39 is 5.97 Å². The number of benzene rings is 1. The van der Waals surface area contributed by atoms with Gasteiger partial charge in [0.25, 0.3) is 0 Å². The highest BCUT2D eigenvalue weighted by molar-refractivity contribution is 5.87. The van der Waals surface area contributed by atoms with E-state index in [2.05, 4.69) is 25.7 Å². The summed E-state index contributed by atoms with van der Waals surface area (Å²) >= 11 is 0. The van der Waals surface area contributed by atoms with Crippen LogP contribution in [0.3, 0.4) is 0 Å². The number of carboxylic acid groups (broad SMARTS) is 1. The van der Waals surface area contributed by atoms with Gasteiger partial charge in [-0.15, -0.1) is 0 Å². The molecule has 0 bridgehead atoms. The first-order valence-corrected chi connectivity index (χ1v) is 8.44. The number of piperidine rings is 1. The maximum absolute atomic E-state index is 10.9. The number of likely N-dealkylation sites (tertiary alicyclic amines) is 1. The zero-order valence-corrected chi connectivity index (χ0v) is 14.1. The Balaban J connectivity index is 1.81. The summed E-state index contributed by atoms with van der Waals surface area (Å²) in [5.41, 5.74) is 2.04. The van der Waals surface area contributed by atoms with Crippen LogP contribution >= 0.6 is 0 Å². The van der Waals surface area contributed by atoms with Gasteiger partial charge in [0, 0.05) is 6.54 Å². The summed E-state index contributed by atoms with van der Waals surface area (Å²) in [5, 5.41) is 8.93. The Morgan fingerprint density at radius 3 is 2.32 bits per heavy atom. The summed E-state index contributed by atoms with van der Waals surface area (Å²) in [5.74, 6) is 0.00601. The van der Waals surface area contributed by atoms with E-state index in [1.165, 1.54) is 31.2 Å². The predicted octanol–water partition coefficient (Wildman–Crippen LogP) is 4.42. The molecule has 0 unspecified atom stereocenters. The molecule has 2 rings (SSSR count). The van der Waals surface area contributed by atoms with Crippen LogP contribution in [0.25, 0.3) is 0 Å². The monoisotopic (exact) mass is 303 g/mol. The van der Waals surface area contributed by atoms with Crippen LogP contribution in [0.5, 0.6) is 0 Å². The summed E-state index contributed by atoms with van der Waals surface area (Å²) in [6.45, 7) is 10.3. The van der Waals surface area contributed by atoms with Gasteiger partial charge >= 0.3 is 5.97 Å². The predicted molar refractivity (Wildman–Crippen MR) is 90.1 cm³/mol. The molecular weight excluding hydrogens is 274 g/mol. The van der Waals surface area contributed by atoms with Crippen LogP contribution in [-0.4, -0.2) is 29.1 Å². The first-order valence-electron chi connectivity index (χ1n) is 8.44. The molecule has 3 heteroatoms. The fourth-order valence-corrected chi connectivity index (χ4v) is 3.29. The number of nitrogens with zero attached hydrogens (tertiary/aromatic N) is 1. The minimum absolute atomic E-state index is 0.365. The molecule has 0 radical (unpaired) electrons. The molecule has 1 aliphatic heterocycles. The first kappa shape index (κ1) is 17.0. The lowest BCUT2D eigenvalue weighted by molar-refractivity contribution is 0.0697. The first-order chi connectivity index (χ1) is 10.4. The molecule has 1 aromatic carbocycles. The normalized spacial score (nSPS) is 17.6. The fraction of sp³-hybridized carbons (Fsp3) is 0.632. The Morgan fingerprint density at radius 2 is 1.82 bits per heavy atom. The quantitative estimate of drug-likeness (QED) is 0.845. The highest BCUT2D eigenvalue weighted by atomic mass is 16.4. The maximum Gasteiger partial charge on any atom is 0.335 e. The van der Waals surface area contributed by atoms with Crippen molar-refractivity contribution in [2.75, 3.05) is 13.1 Å². The highest BCUT2D eigenvalue weighted by Gasteiger charge is 2.25. The standard InChI is InChI=1S/C19H29NO2/c1-4-19(2,3)13-15-9-11-20(12-10-15)14-16-5-7-17(8-6-16)18(21)22/h5-8,15H,4,9-14H2,1-3H3,(H,21,22). The van der Waals surface area contributed by atoms with Crippen molar-refractivity contribution in [3.63, 3.8) is 0 Å². The van der Waals surface area contributed by atoms with E-state index in [1.807, 2.05) is 12.1 Å². The molecule has 1 fully saturated rings. The molecule has 0 spiro atoms. The lowest BCUT2D eigenvalue weighted by atomic mass is 9.77. The van der Waals surface area contributed by atoms with Gasteiger partial charge in [-0.3, -0.25) is 4.90 Å². The van der Waals surface area contributed by atoms with Gasteiger partial charge in [-0.1, -0.05) is 39.3 Å². The van der Waals surface area contributed by atoms with Crippen molar-refractivity contribution >= 4 is 5.97 Å². The average Bonchev–Trinajstić information content (AvgIpc) is 2.49. The van der Waals surface area contributed by atoms with Crippen LogP contribution in [0, 0.1) is 11.3 Å². The largest absolute Gasteiger partial charge is 0.478 e. The molecule has 0 aromatic heterocycles. The smallest absolute Gasteiger partial charge is 0.335 e. The number of aromatic carboxylic acids is 1. The molecule has 0 saturated carbocycles. The second-order valence-electron chi connectivity index (χ2n) is 7.44. The molecule has 1 heterocycles. The zero-order chi connectivity index (χ0) is 16.2. The van der Waals surface area contributed by atoms with Gasteiger partial charge in [-0.25, -0.2) is 4.79 Å². The van der Waals surface area contributed by atoms with Gasteiger partial charge in [-0.2, -0.15) is 0 Å². The highest BCUT2D eigenvalue weighted by Crippen LogP contribution is 2.34. The molecule has 3 nitrogen and oxygen atoms in total. The topological polar surface area (TPSA) is 40.5 Å². The van der Waals surface area contributed by atoms with Gasteiger partial charge in [0.05, 0.1) is 5.56 Å². The number of carboxylic acids is 1. The van der Waals surface area contributed by atoms with Crippen molar-refractivity contribution in [2.24, 2.45) is 11.3 Å². The minimum atomic E-state index is -0.856. The summed E-state index contributed by atoms with van der Waals surface area (Å²) in [7, 11) is 0. The summed E-state index contributed by atoms with van der Waals surface area (Å²) in [6.07, 6.45) is 5.17. The second-order valence-corrected chi connectivity index (χ2v) is 7.44. The van der Waals surface area contributed by atoms with Crippen molar-refractivity contribution < 1.29 is 9.90 Å². The Hall–Kier alpha value is -1.35. The van der Waals surface area contributed by atoms with Crippen LogP contribution in [0.1, 0.15) is 62.4 Å². The SMILES string of the molecule is CCC(C)(C)CC1CCN(Cc2ccc(C(=O)O)cc2)CC1. The number of rotatable bonds is 6. The van der Waals surface area contributed by atoms with Crippen LogP contribution in [0.4, 0.5) is 0 Å². The lowest BCUT2D eigenvalue weighted by Gasteiger charge is -2.36. The summed E-state index contributed by atoms with van der Waals surface area (Å²) in [4.78, 5) is 13.4. The number of carbonyl (C=O) groups is 1. The van der Waals surface area contributed by atoms with E-state index in [1.54, 1.807) is 12.1 Å². The average molecular weight is 303 g/mol. The molecule has 0 aliphatic carbocycles. The third-order valence-electron chi connectivity index (χ3n) is 5.11. The molecule has 0 amide bonds. The molecule has 122 valence electrons. The summed E-state index contributed by atoms with van der Waals surface area (Å²) < 4.78 is 0. The van der Waals surface area contributed by atoms with E-state index in [-0.39, 0.29) is 0 Å². The van der Waals surface area contributed by atoms with Crippen LogP contribution in [-0.2, 0) is 6.54 Å². The number of hydrogen-bond donors (Lipinski definition) is 1. The van der Waals surface area contributed by atoms with E-state index in [0.717, 1.165) is 25.6 Å². The third-order valence-corrected chi connectivity index (χ3v) is 5.11. The van der Waals surface area contributed by atoms with Crippen LogP contribution in [0.2, 0.25) is 0 Å². The molecule has 22 heavy (non-hydrogen) atoms.